The fourth-order valence-electron chi connectivity index (χ4n) is 2.23. The minimum Gasteiger partial charge on any atom is -0.492 e. The standard InChI is InChI=1S/C17H28N2O2/c1-14-11-15(2)13-16(12-14)21-10-9-19(3)17(20)7-5-4-6-8-18/h11-13H,4-10,18H2,1-3H3. The number of hydrogen-bond acceptors (Lipinski definition) is 3. The Balaban J connectivity index is 2.26. The number of hydrogen-bond donors (Lipinski definition) is 1. The number of carbonyl (C=O) groups excluding carboxylic acids is 1. The molecule has 4 nitrogen and oxygen atoms in total. The van der Waals surface area contributed by atoms with E-state index in [9.17, 15) is 4.79 Å². The molecular weight excluding hydrogens is 264 g/mol. The van der Waals surface area contributed by atoms with Crippen molar-refractivity contribution in [2.75, 3.05) is 26.7 Å². The number of likely N-dealkylation sites (N-methyl/N-ethyl adjacent to an activating group) is 1. The summed E-state index contributed by atoms with van der Waals surface area (Å²) in [4.78, 5) is 13.6. The summed E-state index contributed by atoms with van der Waals surface area (Å²) in [5, 5.41) is 0. The zero-order valence-electron chi connectivity index (χ0n) is 13.5. The number of benzene rings is 1. The van der Waals surface area contributed by atoms with Gasteiger partial charge in [0.25, 0.3) is 0 Å². The molecule has 0 saturated carbocycles. The van der Waals surface area contributed by atoms with E-state index < -0.39 is 0 Å². The highest BCUT2D eigenvalue weighted by molar-refractivity contribution is 5.75. The van der Waals surface area contributed by atoms with Gasteiger partial charge in [-0.05, 0) is 56.5 Å². The normalized spacial score (nSPS) is 10.5. The number of nitrogens with zero attached hydrogens (tertiary/aromatic N) is 1. The van der Waals surface area contributed by atoms with Crippen LogP contribution in [-0.4, -0.2) is 37.6 Å². The van der Waals surface area contributed by atoms with E-state index in [0.717, 1.165) is 25.0 Å². The molecule has 0 radical (unpaired) electrons. The summed E-state index contributed by atoms with van der Waals surface area (Å²) in [5.74, 6) is 1.05. The van der Waals surface area contributed by atoms with Gasteiger partial charge in [0, 0.05) is 13.5 Å². The number of unbranched alkanes of at least 4 members (excludes halogenated alkanes) is 2. The van der Waals surface area contributed by atoms with E-state index in [1.165, 1.54) is 11.1 Å². The highest BCUT2D eigenvalue weighted by Crippen LogP contribution is 2.16. The van der Waals surface area contributed by atoms with Crippen LogP contribution in [0, 0.1) is 13.8 Å². The Bertz CT molecular complexity index is 426. The van der Waals surface area contributed by atoms with Crippen LogP contribution in [0.4, 0.5) is 0 Å². The van der Waals surface area contributed by atoms with Crippen LogP contribution in [0.5, 0.6) is 5.75 Å². The quantitative estimate of drug-likeness (QED) is 0.712. The van der Waals surface area contributed by atoms with Crippen LogP contribution in [0.25, 0.3) is 0 Å². The largest absolute Gasteiger partial charge is 0.492 e. The lowest BCUT2D eigenvalue weighted by Crippen LogP contribution is -2.30. The summed E-state index contributed by atoms with van der Waals surface area (Å²) in [6.45, 7) is 5.94. The van der Waals surface area contributed by atoms with Gasteiger partial charge in [-0.2, -0.15) is 0 Å². The third-order valence-electron chi connectivity index (χ3n) is 3.41. The number of rotatable bonds is 9. The van der Waals surface area contributed by atoms with E-state index in [4.69, 9.17) is 10.5 Å². The van der Waals surface area contributed by atoms with Crippen molar-refractivity contribution in [3.8, 4) is 5.75 Å². The first kappa shape index (κ1) is 17.5. The molecule has 0 heterocycles. The summed E-state index contributed by atoms with van der Waals surface area (Å²) >= 11 is 0. The molecule has 1 aromatic carbocycles. The Labute approximate surface area is 128 Å². The lowest BCUT2D eigenvalue weighted by atomic mass is 10.1. The fourth-order valence-corrected chi connectivity index (χ4v) is 2.23. The van der Waals surface area contributed by atoms with Gasteiger partial charge in [-0.3, -0.25) is 4.79 Å². The van der Waals surface area contributed by atoms with Gasteiger partial charge in [0.05, 0.1) is 6.54 Å². The van der Waals surface area contributed by atoms with Crippen molar-refractivity contribution in [2.24, 2.45) is 5.73 Å². The molecule has 2 N–H and O–H groups in total. The summed E-state index contributed by atoms with van der Waals surface area (Å²) < 4.78 is 5.72. The average Bonchev–Trinajstić information content (AvgIpc) is 2.42. The van der Waals surface area contributed by atoms with E-state index in [-0.39, 0.29) is 5.91 Å². The molecule has 1 aromatic rings. The molecule has 0 aliphatic heterocycles. The second-order valence-electron chi connectivity index (χ2n) is 5.59. The maximum absolute atomic E-state index is 11.9. The molecule has 0 atom stereocenters. The number of aryl methyl sites for hydroxylation is 2. The smallest absolute Gasteiger partial charge is 0.222 e. The first-order valence-electron chi connectivity index (χ1n) is 7.68. The van der Waals surface area contributed by atoms with E-state index in [2.05, 4.69) is 19.9 Å². The van der Waals surface area contributed by atoms with E-state index in [1.54, 1.807) is 4.90 Å². The van der Waals surface area contributed by atoms with Crippen molar-refractivity contribution in [3.05, 3.63) is 29.3 Å². The molecule has 0 aliphatic carbocycles. The van der Waals surface area contributed by atoms with Crippen LogP contribution in [0.2, 0.25) is 0 Å². The first-order valence-corrected chi connectivity index (χ1v) is 7.68. The molecule has 0 fully saturated rings. The van der Waals surface area contributed by atoms with Gasteiger partial charge in [-0.25, -0.2) is 0 Å². The summed E-state index contributed by atoms with van der Waals surface area (Å²) in [6.07, 6.45) is 3.53. The molecule has 1 rings (SSSR count). The Kier molecular flexibility index (Phi) is 7.83. The van der Waals surface area contributed by atoms with Crippen LogP contribution >= 0.6 is 0 Å². The molecule has 1 amide bonds. The van der Waals surface area contributed by atoms with Crippen molar-refractivity contribution in [1.29, 1.82) is 0 Å². The lowest BCUT2D eigenvalue weighted by molar-refractivity contribution is -0.130. The molecule has 4 heteroatoms. The number of amides is 1. The predicted octanol–water partition coefficient (Wildman–Crippen LogP) is 2.66. The summed E-state index contributed by atoms with van der Waals surface area (Å²) in [7, 11) is 1.83. The maximum atomic E-state index is 11.9. The average molecular weight is 292 g/mol. The van der Waals surface area contributed by atoms with Crippen molar-refractivity contribution in [1.82, 2.24) is 4.90 Å². The third kappa shape index (κ3) is 7.14. The number of carbonyl (C=O) groups is 1. The van der Waals surface area contributed by atoms with Gasteiger partial charge in [0.2, 0.25) is 5.91 Å². The third-order valence-corrected chi connectivity index (χ3v) is 3.41. The topological polar surface area (TPSA) is 55.6 Å². The lowest BCUT2D eigenvalue weighted by Gasteiger charge is -2.17. The monoisotopic (exact) mass is 292 g/mol. The van der Waals surface area contributed by atoms with Crippen molar-refractivity contribution < 1.29 is 9.53 Å². The van der Waals surface area contributed by atoms with Gasteiger partial charge in [-0.1, -0.05) is 12.5 Å². The number of nitrogens with two attached hydrogens (primary N) is 1. The predicted molar refractivity (Wildman–Crippen MR) is 86.6 cm³/mol. The van der Waals surface area contributed by atoms with Crippen molar-refractivity contribution >= 4 is 5.91 Å². The minimum atomic E-state index is 0.177. The van der Waals surface area contributed by atoms with Gasteiger partial charge >= 0.3 is 0 Å². The highest BCUT2D eigenvalue weighted by atomic mass is 16.5. The zero-order chi connectivity index (χ0) is 15.7. The van der Waals surface area contributed by atoms with Crippen LogP contribution in [-0.2, 0) is 4.79 Å². The van der Waals surface area contributed by atoms with Crippen LogP contribution in [0.1, 0.15) is 36.8 Å². The molecule has 0 saturated heterocycles. The highest BCUT2D eigenvalue weighted by Gasteiger charge is 2.08. The Hall–Kier alpha value is -1.55. The SMILES string of the molecule is Cc1cc(C)cc(OCCN(C)C(=O)CCCCCN)c1. The maximum Gasteiger partial charge on any atom is 0.222 e. The van der Waals surface area contributed by atoms with Gasteiger partial charge in [-0.15, -0.1) is 0 Å². The van der Waals surface area contributed by atoms with Crippen molar-refractivity contribution in [2.45, 2.75) is 39.5 Å². The Morgan fingerprint density at radius 3 is 2.43 bits per heavy atom. The molecule has 0 aromatic heterocycles. The van der Waals surface area contributed by atoms with Crippen LogP contribution in [0.15, 0.2) is 18.2 Å². The molecule has 0 bridgehead atoms. The Morgan fingerprint density at radius 2 is 1.81 bits per heavy atom. The summed E-state index contributed by atoms with van der Waals surface area (Å²) in [6, 6.07) is 6.15. The van der Waals surface area contributed by atoms with E-state index in [0.29, 0.717) is 26.1 Å². The van der Waals surface area contributed by atoms with Gasteiger partial charge in [0.1, 0.15) is 12.4 Å². The molecule has 21 heavy (non-hydrogen) atoms. The molecule has 0 unspecified atom stereocenters. The second kappa shape index (κ2) is 9.40. The molecular formula is C17H28N2O2. The zero-order valence-corrected chi connectivity index (χ0v) is 13.5. The Morgan fingerprint density at radius 1 is 1.14 bits per heavy atom. The minimum absolute atomic E-state index is 0.177. The van der Waals surface area contributed by atoms with Crippen LogP contribution in [0.3, 0.4) is 0 Å². The molecule has 0 aliphatic rings. The van der Waals surface area contributed by atoms with E-state index >= 15 is 0 Å². The van der Waals surface area contributed by atoms with Gasteiger partial charge in [0.15, 0.2) is 0 Å². The fraction of sp³-hybridized carbons (Fsp3) is 0.588. The van der Waals surface area contributed by atoms with Crippen LogP contribution < -0.4 is 10.5 Å². The van der Waals surface area contributed by atoms with Gasteiger partial charge < -0.3 is 15.4 Å². The van der Waals surface area contributed by atoms with E-state index in [1.807, 2.05) is 19.2 Å². The van der Waals surface area contributed by atoms with Crippen molar-refractivity contribution in [3.63, 3.8) is 0 Å². The number of ether oxygens (including phenoxy) is 1. The summed E-state index contributed by atoms with van der Waals surface area (Å²) in [5.41, 5.74) is 7.81. The molecule has 0 spiro atoms. The second-order valence-corrected chi connectivity index (χ2v) is 5.59. The first-order chi connectivity index (χ1) is 10.0. The molecule has 118 valence electrons.